The van der Waals surface area contributed by atoms with E-state index in [1.54, 1.807) is 18.2 Å². The zero-order chi connectivity index (χ0) is 16.7. The van der Waals surface area contributed by atoms with Crippen LogP contribution in [-0.4, -0.2) is 43.6 Å². The number of nitrogens with zero attached hydrogens (tertiary/aromatic N) is 1. The molecule has 0 spiro atoms. The Labute approximate surface area is 138 Å². The maximum atomic E-state index is 13.4. The van der Waals surface area contributed by atoms with Crippen molar-refractivity contribution in [1.82, 2.24) is 10.2 Å². The zero-order valence-corrected chi connectivity index (χ0v) is 14.1. The number of likely N-dealkylation sites (N-methyl/N-ethyl adjacent to an activating group) is 1. The average molecular weight is 322 g/mol. The van der Waals surface area contributed by atoms with Crippen molar-refractivity contribution in [2.75, 3.05) is 26.7 Å². The predicted octanol–water partition coefficient (Wildman–Crippen LogP) is 2.83. The molecule has 0 aromatic heterocycles. The minimum absolute atomic E-state index is 0.0529. The molecule has 1 saturated carbocycles. The fourth-order valence-electron chi connectivity index (χ4n) is 2.98. The second-order valence-corrected chi connectivity index (χ2v) is 6.45. The van der Waals surface area contributed by atoms with E-state index in [4.69, 9.17) is 4.74 Å². The van der Waals surface area contributed by atoms with Crippen LogP contribution >= 0.6 is 0 Å². The molecule has 1 N–H and O–H groups in total. The number of nitrogens with one attached hydrogen (secondary N) is 1. The fraction of sp³-hybridized carbons (Fsp3) is 0.611. The summed E-state index contributed by atoms with van der Waals surface area (Å²) >= 11 is 0. The molecule has 1 aromatic rings. The number of carbonyl (C=O) groups is 1. The molecule has 0 bridgehead atoms. The molecule has 23 heavy (non-hydrogen) atoms. The van der Waals surface area contributed by atoms with Gasteiger partial charge in [-0.3, -0.25) is 9.69 Å². The van der Waals surface area contributed by atoms with Crippen LogP contribution in [-0.2, 0) is 4.79 Å². The SMILES string of the molecule is C[C@H]1CCCC[C@@H]1NC(=O)CN(C)CCOc1ccccc1F. The van der Waals surface area contributed by atoms with E-state index in [0.717, 1.165) is 6.42 Å². The van der Waals surface area contributed by atoms with E-state index < -0.39 is 0 Å². The third kappa shape index (κ3) is 5.82. The lowest BCUT2D eigenvalue weighted by atomic mass is 9.86. The van der Waals surface area contributed by atoms with Gasteiger partial charge in [0.15, 0.2) is 11.6 Å². The molecule has 128 valence electrons. The largest absolute Gasteiger partial charge is 0.489 e. The van der Waals surface area contributed by atoms with E-state index in [2.05, 4.69) is 12.2 Å². The van der Waals surface area contributed by atoms with Crippen LogP contribution in [0.3, 0.4) is 0 Å². The van der Waals surface area contributed by atoms with Crippen LogP contribution in [0, 0.1) is 11.7 Å². The van der Waals surface area contributed by atoms with Gasteiger partial charge in [0.05, 0.1) is 6.54 Å². The number of halogens is 1. The lowest BCUT2D eigenvalue weighted by molar-refractivity contribution is -0.123. The highest BCUT2D eigenvalue weighted by molar-refractivity contribution is 5.78. The quantitative estimate of drug-likeness (QED) is 0.839. The van der Waals surface area contributed by atoms with Crippen molar-refractivity contribution in [1.29, 1.82) is 0 Å². The van der Waals surface area contributed by atoms with Gasteiger partial charge in [0, 0.05) is 12.6 Å². The molecule has 0 aliphatic heterocycles. The Bertz CT molecular complexity index is 510. The lowest BCUT2D eigenvalue weighted by Crippen LogP contribution is -2.45. The Morgan fingerprint density at radius 2 is 2.09 bits per heavy atom. The highest BCUT2D eigenvalue weighted by Gasteiger charge is 2.22. The Morgan fingerprint density at radius 3 is 2.83 bits per heavy atom. The van der Waals surface area contributed by atoms with Gasteiger partial charge >= 0.3 is 0 Å². The summed E-state index contributed by atoms with van der Waals surface area (Å²) in [5, 5.41) is 3.14. The average Bonchev–Trinajstić information content (AvgIpc) is 2.51. The van der Waals surface area contributed by atoms with Crippen LogP contribution in [0.25, 0.3) is 0 Å². The molecule has 1 aliphatic rings. The molecule has 0 heterocycles. The monoisotopic (exact) mass is 322 g/mol. The summed E-state index contributed by atoms with van der Waals surface area (Å²) in [5.74, 6) is 0.500. The number of hydrogen-bond acceptors (Lipinski definition) is 3. The molecule has 2 atom stereocenters. The van der Waals surface area contributed by atoms with Crippen LogP contribution in [0.2, 0.25) is 0 Å². The molecule has 1 amide bonds. The van der Waals surface area contributed by atoms with Crippen molar-refractivity contribution in [2.24, 2.45) is 5.92 Å². The van der Waals surface area contributed by atoms with Crippen molar-refractivity contribution >= 4 is 5.91 Å². The van der Waals surface area contributed by atoms with Crippen LogP contribution in [0.4, 0.5) is 4.39 Å². The molecular weight excluding hydrogens is 295 g/mol. The first kappa shape index (κ1) is 17.7. The Hall–Kier alpha value is -1.62. The van der Waals surface area contributed by atoms with Gasteiger partial charge < -0.3 is 10.1 Å². The van der Waals surface area contributed by atoms with Crippen molar-refractivity contribution in [3.63, 3.8) is 0 Å². The first-order chi connectivity index (χ1) is 11.1. The summed E-state index contributed by atoms with van der Waals surface area (Å²) < 4.78 is 18.8. The number of benzene rings is 1. The summed E-state index contributed by atoms with van der Waals surface area (Å²) in [6.07, 6.45) is 4.73. The summed E-state index contributed by atoms with van der Waals surface area (Å²) in [4.78, 5) is 14.0. The van der Waals surface area contributed by atoms with Crippen molar-refractivity contribution in [3.8, 4) is 5.75 Å². The van der Waals surface area contributed by atoms with Gasteiger partial charge in [-0.2, -0.15) is 0 Å². The summed E-state index contributed by atoms with van der Waals surface area (Å²) in [7, 11) is 1.87. The maximum Gasteiger partial charge on any atom is 0.234 e. The van der Waals surface area contributed by atoms with E-state index in [9.17, 15) is 9.18 Å². The second kappa shape index (κ2) is 8.87. The third-order valence-corrected chi connectivity index (χ3v) is 4.44. The highest BCUT2D eigenvalue weighted by atomic mass is 19.1. The van der Waals surface area contributed by atoms with Gasteiger partial charge in [-0.05, 0) is 37.9 Å². The number of ether oxygens (including phenoxy) is 1. The molecule has 2 rings (SSSR count). The normalized spacial score (nSPS) is 21.2. The summed E-state index contributed by atoms with van der Waals surface area (Å²) in [6.45, 7) is 3.46. The number of para-hydroxylation sites is 1. The smallest absolute Gasteiger partial charge is 0.234 e. The van der Waals surface area contributed by atoms with Crippen LogP contribution in [0.15, 0.2) is 24.3 Å². The van der Waals surface area contributed by atoms with Gasteiger partial charge in [-0.15, -0.1) is 0 Å². The number of carbonyl (C=O) groups excluding carboxylic acids is 1. The van der Waals surface area contributed by atoms with E-state index in [0.29, 0.717) is 31.7 Å². The number of hydrogen-bond donors (Lipinski definition) is 1. The molecule has 4 nitrogen and oxygen atoms in total. The van der Waals surface area contributed by atoms with E-state index in [-0.39, 0.29) is 17.5 Å². The van der Waals surface area contributed by atoms with Crippen molar-refractivity contribution < 1.29 is 13.9 Å². The van der Waals surface area contributed by atoms with Crippen molar-refractivity contribution in [2.45, 2.75) is 38.6 Å². The summed E-state index contributed by atoms with van der Waals surface area (Å²) in [5.41, 5.74) is 0. The molecular formula is C18H27FN2O2. The molecule has 0 saturated heterocycles. The molecule has 0 unspecified atom stereocenters. The third-order valence-electron chi connectivity index (χ3n) is 4.44. The Kier molecular flexibility index (Phi) is 6.84. The van der Waals surface area contributed by atoms with Crippen LogP contribution in [0.1, 0.15) is 32.6 Å². The van der Waals surface area contributed by atoms with E-state index >= 15 is 0 Å². The van der Waals surface area contributed by atoms with Gasteiger partial charge in [0.1, 0.15) is 6.61 Å². The minimum Gasteiger partial charge on any atom is -0.489 e. The maximum absolute atomic E-state index is 13.4. The van der Waals surface area contributed by atoms with E-state index in [1.807, 2.05) is 11.9 Å². The van der Waals surface area contributed by atoms with Crippen LogP contribution in [0.5, 0.6) is 5.75 Å². The fourth-order valence-corrected chi connectivity index (χ4v) is 2.98. The Balaban J connectivity index is 1.66. The van der Waals surface area contributed by atoms with Gasteiger partial charge in [0.25, 0.3) is 0 Å². The topological polar surface area (TPSA) is 41.6 Å². The van der Waals surface area contributed by atoms with Crippen LogP contribution < -0.4 is 10.1 Å². The standard InChI is InChI=1S/C18H27FN2O2/c1-14-7-3-5-9-16(14)20-18(22)13-21(2)11-12-23-17-10-6-4-8-15(17)19/h4,6,8,10,14,16H,3,5,7,9,11-13H2,1-2H3,(H,20,22)/t14-,16-/m0/s1. The summed E-state index contributed by atoms with van der Waals surface area (Å²) in [6, 6.07) is 6.65. The lowest BCUT2D eigenvalue weighted by Gasteiger charge is -2.30. The molecule has 1 aliphatic carbocycles. The molecule has 5 heteroatoms. The molecule has 1 fully saturated rings. The first-order valence-corrected chi connectivity index (χ1v) is 8.41. The number of amides is 1. The van der Waals surface area contributed by atoms with Crippen molar-refractivity contribution in [3.05, 3.63) is 30.1 Å². The highest BCUT2D eigenvalue weighted by Crippen LogP contribution is 2.23. The minimum atomic E-state index is -0.362. The molecule has 1 aromatic carbocycles. The zero-order valence-electron chi connectivity index (χ0n) is 14.1. The first-order valence-electron chi connectivity index (χ1n) is 8.41. The molecule has 0 radical (unpaired) electrons. The second-order valence-electron chi connectivity index (χ2n) is 6.45. The number of rotatable bonds is 7. The van der Waals surface area contributed by atoms with E-state index in [1.165, 1.54) is 25.3 Å². The van der Waals surface area contributed by atoms with Gasteiger partial charge in [-0.25, -0.2) is 4.39 Å². The van der Waals surface area contributed by atoms with Gasteiger partial charge in [0.2, 0.25) is 5.91 Å². The predicted molar refractivity (Wildman–Crippen MR) is 89.0 cm³/mol. The van der Waals surface area contributed by atoms with Gasteiger partial charge in [-0.1, -0.05) is 31.9 Å². The Morgan fingerprint density at radius 1 is 1.35 bits per heavy atom.